The maximum atomic E-state index is 5.30. The Hall–Kier alpha value is -2.00. The number of ether oxygens (including phenoxy) is 2. The number of quaternary nitrogens is 1. The Morgan fingerprint density at radius 3 is 1.77 bits per heavy atom. The number of likely N-dealkylation sites (tertiary alicyclic amines) is 1. The van der Waals surface area contributed by atoms with Crippen molar-refractivity contribution < 1.29 is 14.0 Å². The van der Waals surface area contributed by atoms with E-state index in [2.05, 4.69) is 55.5 Å². The lowest BCUT2D eigenvalue weighted by molar-refractivity contribution is -0.936. The summed E-state index contributed by atoms with van der Waals surface area (Å²) < 4.78 is 11.9. The second-order valence-corrected chi connectivity index (χ2v) is 9.40. The van der Waals surface area contributed by atoms with Crippen LogP contribution in [0.3, 0.4) is 0 Å². The van der Waals surface area contributed by atoms with Crippen LogP contribution in [0.2, 0.25) is 0 Å². The zero-order valence-corrected chi connectivity index (χ0v) is 19.9. The molecule has 0 aliphatic carbocycles. The van der Waals surface area contributed by atoms with Gasteiger partial charge in [0.05, 0.1) is 40.4 Å². The summed E-state index contributed by atoms with van der Waals surface area (Å²) in [5.41, 5.74) is 2.86. The van der Waals surface area contributed by atoms with Crippen LogP contribution in [0.25, 0.3) is 0 Å². The molecule has 0 aromatic heterocycles. The molecule has 3 rings (SSSR count). The Balaban J connectivity index is 1.57. The van der Waals surface area contributed by atoms with Gasteiger partial charge in [-0.1, -0.05) is 37.6 Å². The van der Waals surface area contributed by atoms with E-state index in [-0.39, 0.29) is 0 Å². The van der Waals surface area contributed by atoms with Gasteiger partial charge >= 0.3 is 0 Å². The summed E-state index contributed by atoms with van der Waals surface area (Å²) in [7, 11) is 3.47. The first-order valence-corrected chi connectivity index (χ1v) is 12.3. The molecule has 0 saturated carbocycles. The van der Waals surface area contributed by atoms with E-state index in [4.69, 9.17) is 9.47 Å². The highest BCUT2D eigenvalue weighted by atomic mass is 16.5. The van der Waals surface area contributed by atoms with Gasteiger partial charge in [0.2, 0.25) is 0 Å². The fourth-order valence-electron chi connectivity index (χ4n) is 5.43. The third-order valence-electron chi connectivity index (χ3n) is 7.10. The number of hydrogen-bond donors (Lipinski definition) is 0. The average Bonchev–Trinajstić information content (AvgIpc) is 2.80. The largest absolute Gasteiger partial charge is 0.497 e. The Morgan fingerprint density at radius 1 is 0.806 bits per heavy atom. The molecule has 1 atom stereocenters. The molecule has 1 saturated heterocycles. The summed E-state index contributed by atoms with van der Waals surface area (Å²) in [6.45, 7) is 7.73. The number of nitrogens with zero attached hydrogens (tertiary/aromatic N) is 1. The summed E-state index contributed by atoms with van der Waals surface area (Å²) in [5, 5.41) is 0. The molecule has 1 fully saturated rings. The van der Waals surface area contributed by atoms with Crippen LogP contribution in [-0.4, -0.2) is 44.9 Å². The minimum absolute atomic E-state index is 0.917. The minimum Gasteiger partial charge on any atom is -0.497 e. The van der Waals surface area contributed by atoms with E-state index < -0.39 is 0 Å². The van der Waals surface area contributed by atoms with Gasteiger partial charge in [-0.05, 0) is 67.5 Å². The van der Waals surface area contributed by atoms with Crippen LogP contribution in [0.5, 0.6) is 11.5 Å². The Morgan fingerprint density at radius 2 is 1.32 bits per heavy atom. The maximum absolute atomic E-state index is 5.30. The van der Waals surface area contributed by atoms with E-state index in [1.165, 1.54) is 93.2 Å². The van der Waals surface area contributed by atoms with Gasteiger partial charge in [0.25, 0.3) is 0 Å². The monoisotopic (exact) mass is 424 g/mol. The smallest absolute Gasteiger partial charge is 0.118 e. The molecule has 1 aliphatic rings. The predicted molar refractivity (Wildman–Crippen MR) is 130 cm³/mol. The second kappa shape index (κ2) is 12.1. The number of hydrogen-bond acceptors (Lipinski definition) is 2. The second-order valence-electron chi connectivity index (χ2n) is 9.40. The van der Waals surface area contributed by atoms with Crippen LogP contribution in [-0.2, 0) is 12.8 Å². The molecule has 0 N–H and O–H groups in total. The third-order valence-corrected chi connectivity index (χ3v) is 7.10. The van der Waals surface area contributed by atoms with Gasteiger partial charge in [-0.2, -0.15) is 0 Å². The van der Waals surface area contributed by atoms with Gasteiger partial charge in [0, 0.05) is 18.8 Å². The van der Waals surface area contributed by atoms with E-state index in [0.29, 0.717) is 0 Å². The molecule has 170 valence electrons. The van der Waals surface area contributed by atoms with E-state index in [0.717, 1.165) is 17.4 Å². The Labute approximate surface area is 190 Å². The maximum Gasteiger partial charge on any atom is 0.118 e. The number of methoxy groups -OCH3 is 2. The molecule has 3 nitrogen and oxygen atoms in total. The SMILES string of the molecule is CCCC1CCC[N+](CCCc2ccc(OC)cc2)(CCCc2ccc(OC)cc2)C1. The van der Waals surface area contributed by atoms with Crippen molar-refractivity contribution in [2.24, 2.45) is 5.92 Å². The first-order chi connectivity index (χ1) is 15.2. The standard InChI is InChI=1S/C28H42NO2/c1-4-8-26-11-7-22-29(23-26,20-5-9-24-12-16-27(30-2)17-13-24)21-6-10-25-14-18-28(31-3)19-15-25/h12-19,26H,4-11,20-23H2,1-3H3/q+1. The molecular weight excluding hydrogens is 382 g/mol. The van der Waals surface area contributed by atoms with Gasteiger partial charge in [0.15, 0.2) is 0 Å². The molecule has 0 spiro atoms. The van der Waals surface area contributed by atoms with Crippen LogP contribution in [0.15, 0.2) is 48.5 Å². The van der Waals surface area contributed by atoms with Gasteiger partial charge in [0.1, 0.15) is 11.5 Å². The summed E-state index contributed by atoms with van der Waals surface area (Å²) in [5.74, 6) is 2.81. The van der Waals surface area contributed by atoms with Crippen molar-refractivity contribution in [1.29, 1.82) is 0 Å². The van der Waals surface area contributed by atoms with Crippen molar-refractivity contribution in [2.75, 3.05) is 40.4 Å². The van der Waals surface area contributed by atoms with Gasteiger partial charge < -0.3 is 14.0 Å². The van der Waals surface area contributed by atoms with Gasteiger partial charge in [-0.15, -0.1) is 0 Å². The predicted octanol–water partition coefficient (Wildman–Crippen LogP) is 6.30. The number of rotatable bonds is 12. The Bertz CT molecular complexity index is 698. The molecular formula is C28H42NO2+. The molecule has 3 heteroatoms. The highest BCUT2D eigenvalue weighted by molar-refractivity contribution is 5.27. The zero-order valence-electron chi connectivity index (χ0n) is 19.9. The van der Waals surface area contributed by atoms with Crippen LogP contribution < -0.4 is 9.47 Å². The lowest BCUT2D eigenvalue weighted by Crippen LogP contribution is -2.55. The van der Waals surface area contributed by atoms with E-state index >= 15 is 0 Å². The lowest BCUT2D eigenvalue weighted by atomic mass is 9.90. The van der Waals surface area contributed by atoms with E-state index in [1.807, 2.05) is 0 Å². The molecule has 31 heavy (non-hydrogen) atoms. The molecule has 2 aromatic carbocycles. The Kier molecular flexibility index (Phi) is 9.27. The first-order valence-electron chi connectivity index (χ1n) is 12.3. The summed E-state index contributed by atoms with van der Waals surface area (Å²) >= 11 is 0. The van der Waals surface area contributed by atoms with Gasteiger partial charge in [-0.25, -0.2) is 0 Å². The number of benzene rings is 2. The van der Waals surface area contributed by atoms with Crippen molar-refractivity contribution in [2.45, 2.75) is 58.3 Å². The molecule has 2 aromatic rings. The van der Waals surface area contributed by atoms with Crippen molar-refractivity contribution >= 4 is 0 Å². The van der Waals surface area contributed by atoms with Crippen molar-refractivity contribution in [3.05, 3.63) is 59.7 Å². The van der Waals surface area contributed by atoms with Crippen LogP contribution >= 0.6 is 0 Å². The first kappa shape index (κ1) is 23.7. The average molecular weight is 425 g/mol. The molecule has 0 bridgehead atoms. The van der Waals surface area contributed by atoms with Crippen LogP contribution in [0.4, 0.5) is 0 Å². The van der Waals surface area contributed by atoms with Crippen molar-refractivity contribution in [3.8, 4) is 11.5 Å². The molecule has 1 aliphatic heterocycles. The molecule has 1 heterocycles. The normalized spacial score (nSPS) is 18.0. The molecule has 0 amide bonds. The highest BCUT2D eigenvalue weighted by Crippen LogP contribution is 2.28. The molecule has 1 unspecified atom stereocenters. The number of aryl methyl sites for hydroxylation is 2. The van der Waals surface area contributed by atoms with E-state index in [1.54, 1.807) is 14.2 Å². The quantitative estimate of drug-likeness (QED) is 0.372. The topological polar surface area (TPSA) is 18.5 Å². The van der Waals surface area contributed by atoms with Gasteiger partial charge in [-0.3, -0.25) is 0 Å². The third kappa shape index (κ3) is 7.28. The highest BCUT2D eigenvalue weighted by Gasteiger charge is 2.33. The van der Waals surface area contributed by atoms with Crippen molar-refractivity contribution in [1.82, 2.24) is 0 Å². The number of piperidine rings is 1. The molecule has 0 radical (unpaired) electrons. The van der Waals surface area contributed by atoms with Crippen LogP contribution in [0, 0.1) is 5.92 Å². The fourth-order valence-corrected chi connectivity index (χ4v) is 5.43. The minimum atomic E-state index is 0.917. The van der Waals surface area contributed by atoms with Crippen LogP contribution in [0.1, 0.15) is 56.6 Å². The summed E-state index contributed by atoms with van der Waals surface area (Å²) in [6, 6.07) is 17.3. The fraction of sp³-hybridized carbons (Fsp3) is 0.571. The van der Waals surface area contributed by atoms with Crippen molar-refractivity contribution in [3.63, 3.8) is 0 Å². The summed E-state index contributed by atoms with van der Waals surface area (Å²) in [6.07, 6.45) is 10.4. The zero-order chi connectivity index (χ0) is 21.9. The van der Waals surface area contributed by atoms with E-state index in [9.17, 15) is 0 Å². The summed E-state index contributed by atoms with van der Waals surface area (Å²) in [4.78, 5) is 0. The lowest BCUT2D eigenvalue weighted by Gasteiger charge is -2.45.